The van der Waals surface area contributed by atoms with E-state index in [9.17, 15) is 4.79 Å². The standard InChI is InChI=1S/C15H32N2O/c1-11(2)15(6,7)10-17-13(18)8-12(16)9-14(3,4)5/h11-12H,8-10,16H2,1-7H3,(H,17,18). The number of nitrogens with two attached hydrogens (primary N) is 1. The van der Waals surface area contributed by atoms with Gasteiger partial charge in [-0.1, -0.05) is 48.5 Å². The van der Waals surface area contributed by atoms with E-state index in [1.165, 1.54) is 0 Å². The maximum atomic E-state index is 11.8. The second-order valence-electron chi connectivity index (χ2n) is 7.65. The summed E-state index contributed by atoms with van der Waals surface area (Å²) in [6.07, 6.45) is 1.29. The minimum absolute atomic E-state index is 0.0489. The topological polar surface area (TPSA) is 55.1 Å². The fraction of sp³-hybridized carbons (Fsp3) is 0.933. The van der Waals surface area contributed by atoms with Crippen molar-refractivity contribution >= 4 is 5.91 Å². The molecule has 1 unspecified atom stereocenters. The van der Waals surface area contributed by atoms with Gasteiger partial charge in [0.25, 0.3) is 0 Å². The van der Waals surface area contributed by atoms with Crippen LogP contribution in [0.5, 0.6) is 0 Å². The third-order valence-electron chi connectivity index (χ3n) is 3.63. The van der Waals surface area contributed by atoms with Crippen LogP contribution in [0.25, 0.3) is 0 Å². The zero-order valence-corrected chi connectivity index (χ0v) is 13.3. The summed E-state index contributed by atoms with van der Waals surface area (Å²) < 4.78 is 0. The van der Waals surface area contributed by atoms with Crippen LogP contribution in [0.1, 0.15) is 61.3 Å². The molecule has 3 nitrogen and oxygen atoms in total. The van der Waals surface area contributed by atoms with Crippen LogP contribution in [0.4, 0.5) is 0 Å². The Morgan fingerprint density at radius 1 is 1.17 bits per heavy atom. The number of carbonyl (C=O) groups excluding carboxylic acids is 1. The molecular formula is C15H32N2O. The van der Waals surface area contributed by atoms with Crippen molar-refractivity contribution in [2.75, 3.05) is 6.54 Å². The van der Waals surface area contributed by atoms with E-state index in [0.717, 1.165) is 6.42 Å². The second-order valence-corrected chi connectivity index (χ2v) is 7.65. The van der Waals surface area contributed by atoms with Gasteiger partial charge in [0, 0.05) is 19.0 Å². The van der Waals surface area contributed by atoms with Crippen molar-refractivity contribution in [3.05, 3.63) is 0 Å². The predicted octanol–water partition coefficient (Wildman–Crippen LogP) is 2.94. The number of hydrogen-bond acceptors (Lipinski definition) is 2. The van der Waals surface area contributed by atoms with Crippen molar-refractivity contribution in [2.45, 2.75) is 67.3 Å². The lowest BCUT2D eigenvalue weighted by Gasteiger charge is -2.30. The Hall–Kier alpha value is -0.570. The first kappa shape index (κ1) is 17.4. The normalized spacial score (nSPS) is 14.7. The lowest BCUT2D eigenvalue weighted by molar-refractivity contribution is -0.122. The Balaban J connectivity index is 4.06. The molecule has 0 bridgehead atoms. The Morgan fingerprint density at radius 2 is 1.67 bits per heavy atom. The van der Waals surface area contributed by atoms with E-state index in [2.05, 4.69) is 53.8 Å². The summed E-state index contributed by atoms with van der Waals surface area (Å²) in [6, 6.07) is -0.0489. The van der Waals surface area contributed by atoms with Gasteiger partial charge in [-0.3, -0.25) is 4.79 Å². The van der Waals surface area contributed by atoms with E-state index in [1.807, 2.05) is 0 Å². The van der Waals surface area contributed by atoms with Gasteiger partial charge in [0.05, 0.1) is 0 Å². The molecule has 3 N–H and O–H groups in total. The summed E-state index contributed by atoms with van der Waals surface area (Å²) in [5.41, 5.74) is 6.31. The van der Waals surface area contributed by atoms with Crippen LogP contribution in [-0.4, -0.2) is 18.5 Å². The zero-order valence-electron chi connectivity index (χ0n) is 13.3. The quantitative estimate of drug-likeness (QED) is 0.767. The molecule has 3 heteroatoms. The van der Waals surface area contributed by atoms with Gasteiger partial charge in [-0.2, -0.15) is 0 Å². The van der Waals surface area contributed by atoms with Crippen LogP contribution in [0, 0.1) is 16.7 Å². The maximum Gasteiger partial charge on any atom is 0.221 e. The van der Waals surface area contributed by atoms with Crippen molar-refractivity contribution in [3.63, 3.8) is 0 Å². The first-order valence-corrected chi connectivity index (χ1v) is 6.96. The minimum Gasteiger partial charge on any atom is -0.356 e. The highest BCUT2D eigenvalue weighted by atomic mass is 16.1. The van der Waals surface area contributed by atoms with Gasteiger partial charge in [0.15, 0.2) is 0 Å². The highest BCUT2D eigenvalue weighted by Gasteiger charge is 2.24. The number of carbonyl (C=O) groups is 1. The Kier molecular flexibility index (Phi) is 6.35. The smallest absolute Gasteiger partial charge is 0.221 e. The summed E-state index contributed by atoms with van der Waals surface area (Å²) in [5, 5.41) is 3.00. The third-order valence-corrected chi connectivity index (χ3v) is 3.63. The van der Waals surface area contributed by atoms with Gasteiger partial charge >= 0.3 is 0 Å². The van der Waals surface area contributed by atoms with Crippen LogP contribution in [-0.2, 0) is 4.79 Å². The summed E-state index contributed by atoms with van der Waals surface area (Å²) in [6.45, 7) is 15.9. The van der Waals surface area contributed by atoms with Gasteiger partial charge in [-0.25, -0.2) is 0 Å². The molecule has 108 valence electrons. The first-order chi connectivity index (χ1) is 7.94. The Morgan fingerprint density at radius 3 is 2.06 bits per heavy atom. The molecule has 0 saturated carbocycles. The lowest BCUT2D eigenvalue weighted by Crippen LogP contribution is -2.40. The first-order valence-electron chi connectivity index (χ1n) is 6.96. The Bertz CT molecular complexity index is 264. The van der Waals surface area contributed by atoms with Crippen molar-refractivity contribution in [3.8, 4) is 0 Å². The molecule has 0 fully saturated rings. The largest absolute Gasteiger partial charge is 0.356 e. The number of nitrogens with one attached hydrogen (secondary N) is 1. The molecule has 0 radical (unpaired) electrons. The number of hydrogen-bond donors (Lipinski definition) is 2. The number of amides is 1. The monoisotopic (exact) mass is 256 g/mol. The fourth-order valence-corrected chi connectivity index (χ4v) is 1.70. The van der Waals surface area contributed by atoms with Gasteiger partial charge in [0.1, 0.15) is 0 Å². The molecule has 0 rings (SSSR count). The molecule has 1 amide bonds. The van der Waals surface area contributed by atoms with Crippen LogP contribution >= 0.6 is 0 Å². The Labute approximate surface area is 113 Å². The van der Waals surface area contributed by atoms with E-state index in [0.29, 0.717) is 18.9 Å². The molecule has 0 aliphatic rings. The second kappa shape index (κ2) is 6.55. The SMILES string of the molecule is CC(C)C(C)(C)CNC(=O)CC(N)CC(C)(C)C. The molecule has 0 aliphatic carbocycles. The van der Waals surface area contributed by atoms with E-state index < -0.39 is 0 Å². The average Bonchev–Trinajstić information content (AvgIpc) is 2.11. The third kappa shape index (κ3) is 7.70. The lowest BCUT2D eigenvalue weighted by atomic mass is 9.81. The molecule has 1 atom stereocenters. The van der Waals surface area contributed by atoms with Gasteiger partial charge in [-0.15, -0.1) is 0 Å². The molecule has 0 aromatic carbocycles. The molecule has 0 aliphatic heterocycles. The fourth-order valence-electron chi connectivity index (χ4n) is 1.70. The predicted molar refractivity (Wildman–Crippen MR) is 78.3 cm³/mol. The van der Waals surface area contributed by atoms with Crippen molar-refractivity contribution in [1.29, 1.82) is 0 Å². The molecule has 0 spiro atoms. The molecule has 0 heterocycles. The average molecular weight is 256 g/mol. The van der Waals surface area contributed by atoms with Crippen LogP contribution < -0.4 is 11.1 Å². The van der Waals surface area contributed by atoms with E-state index in [1.54, 1.807) is 0 Å². The highest BCUT2D eigenvalue weighted by Crippen LogP contribution is 2.25. The van der Waals surface area contributed by atoms with Crippen LogP contribution in [0.2, 0.25) is 0 Å². The molecule has 0 saturated heterocycles. The zero-order chi connectivity index (χ0) is 14.6. The van der Waals surface area contributed by atoms with Gasteiger partial charge in [-0.05, 0) is 23.2 Å². The molecule has 18 heavy (non-hydrogen) atoms. The maximum absolute atomic E-state index is 11.8. The highest BCUT2D eigenvalue weighted by molar-refractivity contribution is 5.76. The van der Waals surface area contributed by atoms with E-state index in [4.69, 9.17) is 5.73 Å². The van der Waals surface area contributed by atoms with E-state index >= 15 is 0 Å². The molecular weight excluding hydrogens is 224 g/mol. The summed E-state index contributed by atoms with van der Waals surface area (Å²) >= 11 is 0. The van der Waals surface area contributed by atoms with Gasteiger partial charge < -0.3 is 11.1 Å². The number of rotatable bonds is 6. The van der Waals surface area contributed by atoms with Crippen LogP contribution in [0.3, 0.4) is 0 Å². The summed E-state index contributed by atoms with van der Waals surface area (Å²) in [5.74, 6) is 0.613. The van der Waals surface area contributed by atoms with Crippen molar-refractivity contribution in [1.82, 2.24) is 5.32 Å². The van der Waals surface area contributed by atoms with E-state index in [-0.39, 0.29) is 22.8 Å². The minimum atomic E-state index is -0.0489. The summed E-state index contributed by atoms with van der Waals surface area (Å²) in [4.78, 5) is 11.8. The molecule has 0 aromatic heterocycles. The van der Waals surface area contributed by atoms with Crippen LogP contribution in [0.15, 0.2) is 0 Å². The van der Waals surface area contributed by atoms with Gasteiger partial charge in [0.2, 0.25) is 5.91 Å². The van der Waals surface area contributed by atoms with Crippen molar-refractivity contribution < 1.29 is 4.79 Å². The molecule has 0 aromatic rings. The summed E-state index contributed by atoms with van der Waals surface area (Å²) in [7, 11) is 0. The van der Waals surface area contributed by atoms with Crippen molar-refractivity contribution in [2.24, 2.45) is 22.5 Å².